The van der Waals surface area contributed by atoms with Crippen LogP contribution in [0.5, 0.6) is 0 Å². The number of fused-ring (bicyclic) bond motifs is 1. The van der Waals surface area contributed by atoms with Gasteiger partial charge in [0, 0.05) is 6.07 Å². The number of nitrogens with zero attached hydrogens (tertiary/aromatic N) is 1. The Balaban J connectivity index is 2.09. The quantitative estimate of drug-likeness (QED) is 0.717. The molecular formula is C19H24NO+. The standard InChI is InChI=1S/C19H24NO/c1-5-20-16-8-6-7-9-17(16)21-18(20)11-15-10-14(2)12-19(3,4)13-15/h6-11H,5,12-13H2,1-4H3/q+1. The van der Waals surface area contributed by atoms with Crippen LogP contribution in [-0.4, -0.2) is 0 Å². The van der Waals surface area contributed by atoms with Gasteiger partial charge >= 0.3 is 5.89 Å². The lowest BCUT2D eigenvalue weighted by atomic mass is 9.75. The summed E-state index contributed by atoms with van der Waals surface area (Å²) in [6, 6.07) is 8.25. The van der Waals surface area contributed by atoms with Gasteiger partial charge in [-0.25, -0.2) is 0 Å². The van der Waals surface area contributed by atoms with Gasteiger partial charge < -0.3 is 4.42 Å². The van der Waals surface area contributed by atoms with Crippen LogP contribution in [0.4, 0.5) is 0 Å². The third-order valence-electron chi connectivity index (χ3n) is 4.13. The summed E-state index contributed by atoms with van der Waals surface area (Å²) in [5.41, 5.74) is 5.29. The van der Waals surface area contributed by atoms with Gasteiger partial charge in [0.25, 0.3) is 5.52 Å². The van der Waals surface area contributed by atoms with E-state index < -0.39 is 0 Å². The van der Waals surface area contributed by atoms with E-state index in [9.17, 15) is 0 Å². The van der Waals surface area contributed by atoms with Crippen molar-refractivity contribution in [3.8, 4) is 0 Å². The lowest BCUT2D eigenvalue weighted by Crippen LogP contribution is -2.33. The molecule has 0 amide bonds. The van der Waals surface area contributed by atoms with E-state index in [-0.39, 0.29) is 0 Å². The summed E-state index contributed by atoms with van der Waals surface area (Å²) in [4.78, 5) is 0. The maximum atomic E-state index is 6.05. The smallest absolute Gasteiger partial charge is 0.374 e. The Morgan fingerprint density at radius 3 is 2.71 bits per heavy atom. The molecule has 0 saturated carbocycles. The van der Waals surface area contributed by atoms with Crippen molar-refractivity contribution < 1.29 is 8.98 Å². The van der Waals surface area contributed by atoms with Crippen molar-refractivity contribution in [1.82, 2.24) is 0 Å². The summed E-state index contributed by atoms with van der Waals surface area (Å²) in [5, 5.41) is 0. The SMILES string of the molecule is CC[n+]1c(C=C2C=C(C)CC(C)(C)C2)oc2ccccc21. The zero-order valence-corrected chi connectivity index (χ0v) is 13.4. The minimum absolute atomic E-state index is 0.341. The number of hydrogen-bond donors (Lipinski definition) is 0. The highest BCUT2D eigenvalue weighted by molar-refractivity contribution is 5.69. The predicted molar refractivity (Wildman–Crippen MR) is 86.8 cm³/mol. The molecule has 1 aromatic heterocycles. The molecule has 1 heterocycles. The van der Waals surface area contributed by atoms with Crippen molar-refractivity contribution in [3.63, 3.8) is 0 Å². The molecule has 0 N–H and O–H groups in total. The minimum atomic E-state index is 0.341. The lowest BCUT2D eigenvalue weighted by molar-refractivity contribution is -0.674. The maximum Gasteiger partial charge on any atom is 0.374 e. The third kappa shape index (κ3) is 2.80. The molecule has 0 atom stereocenters. The van der Waals surface area contributed by atoms with Gasteiger partial charge in [-0.3, -0.25) is 0 Å². The molecule has 0 spiro atoms. The summed E-state index contributed by atoms with van der Waals surface area (Å²) in [6.07, 6.45) is 6.82. The van der Waals surface area contributed by atoms with Gasteiger partial charge in [-0.2, -0.15) is 4.57 Å². The molecule has 1 aliphatic rings. The molecule has 2 aromatic rings. The summed E-state index contributed by atoms with van der Waals surface area (Å²) in [7, 11) is 0. The van der Waals surface area contributed by atoms with Crippen LogP contribution in [0.1, 0.15) is 46.4 Å². The molecule has 110 valence electrons. The summed E-state index contributed by atoms with van der Waals surface area (Å²) in [5.74, 6) is 0.954. The van der Waals surface area contributed by atoms with Crippen LogP contribution in [0.3, 0.4) is 0 Å². The average Bonchev–Trinajstić information content (AvgIpc) is 2.73. The van der Waals surface area contributed by atoms with Gasteiger partial charge in [-0.15, -0.1) is 0 Å². The molecule has 0 saturated heterocycles. The van der Waals surface area contributed by atoms with E-state index in [0.29, 0.717) is 5.41 Å². The first-order valence-corrected chi connectivity index (χ1v) is 7.78. The summed E-state index contributed by atoms with van der Waals surface area (Å²) >= 11 is 0. The molecule has 3 rings (SSSR count). The fraction of sp³-hybridized carbons (Fsp3) is 0.421. The van der Waals surface area contributed by atoms with Gasteiger partial charge in [0.2, 0.25) is 5.58 Å². The second-order valence-electron chi connectivity index (χ2n) is 6.88. The third-order valence-corrected chi connectivity index (χ3v) is 4.13. The van der Waals surface area contributed by atoms with Crippen LogP contribution in [0.2, 0.25) is 0 Å². The van der Waals surface area contributed by atoms with Gasteiger partial charge in [0.15, 0.2) is 0 Å². The van der Waals surface area contributed by atoms with Crippen molar-refractivity contribution in [2.24, 2.45) is 5.41 Å². The van der Waals surface area contributed by atoms with Gasteiger partial charge in [-0.1, -0.05) is 37.6 Å². The Labute approximate surface area is 126 Å². The van der Waals surface area contributed by atoms with Crippen LogP contribution in [0.15, 0.2) is 45.9 Å². The molecule has 0 unspecified atom stereocenters. The summed E-state index contributed by atoms with van der Waals surface area (Å²) < 4.78 is 8.30. The van der Waals surface area contributed by atoms with E-state index in [1.54, 1.807) is 0 Å². The number of oxazole rings is 1. The topological polar surface area (TPSA) is 17.0 Å². The van der Waals surface area contributed by atoms with E-state index in [4.69, 9.17) is 4.42 Å². The van der Waals surface area contributed by atoms with Crippen molar-refractivity contribution in [2.75, 3.05) is 0 Å². The first-order valence-electron chi connectivity index (χ1n) is 7.78. The second kappa shape index (κ2) is 5.18. The van der Waals surface area contributed by atoms with E-state index in [1.807, 2.05) is 12.1 Å². The number of aromatic nitrogens is 1. The van der Waals surface area contributed by atoms with E-state index in [1.165, 1.54) is 23.1 Å². The van der Waals surface area contributed by atoms with E-state index in [0.717, 1.165) is 24.4 Å². The fourth-order valence-electron chi connectivity index (χ4n) is 3.53. The van der Waals surface area contributed by atoms with Crippen LogP contribution >= 0.6 is 0 Å². The maximum absolute atomic E-state index is 6.05. The van der Waals surface area contributed by atoms with Crippen LogP contribution in [0, 0.1) is 5.41 Å². The molecule has 2 nitrogen and oxygen atoms in total. The monoisotopic (exact) mass is 282 g/mol. The Bertz CT molecular complexity index is 731. The van der Waals surface area contributed by atoms with Gasteiger partial charge in [-0.05, 0) is 43.7 Å². The number of rotatable bonds is 2. The average molecular weight is 282 g/mol. The van der Waals surface area contributed by atoms with E-state index >= 15 is 0 Å². The van der Waals surface area contributed by atoms with Crippen LogP contribution < -0.4 is 4.57 Å². The highest BCUT2D eigenvalue weighted by Crippen LogP contribution is 2.38. The van der Waals surface area contributed by atoms with Crippen LogP contribution in [-0.2, 0) is 6.54 Å². The van der Waals surface area contributed by atoms with Crippen molar-refractivity contribution in [1.29, 1.82) is 0 Å². The summed E-state index contributed by atoms with van der Waals surface area (Å²) in [6.45, 7) is 9.98. The highest BCUT2D eigenvalue weighted by atomic mass is 16.3. The largest absolute Gasteiger partial charge is 0.398 e. The number of allylic oxidation sites excluding steroid dienone is 3. The van der Waals surface area contributed by atoms with Crippen molar-refractivity contribution in [2.45, 2.75) is 47.1 Å². The lowest BCUT2D eigenvalue weighted by Gasteiger charge is -2.29. The first kappa shape index (κ1) is 14.1. The van der Waals surface area contributed by atoms with Crippen molar-refractivity contribution in [3.05, 3.63) is 47.4 Å². The number of hydrogen-bond acceptors (Lipinski definition) is 1. The molecule has 21 heavy (non-hydrogen) atoms. The number of para-hydroxylation sites is 2. The second-order valence-corrected chi connectivity index (χ2v) is 6.88. The van der Waals surface area contributed by atoms with Crippen LogP contribution in [0.25, 0.3) is 17.2 Å². The Kier molecular flexibility index (Phi) is 3.48. The molecule has 0 aliphatic heterocycles. The Morgan fingerprint density at radius 2 is 2.00 bits per heavy atom. The normalized spacial score (nSPS) is 20.0. The first-order chi connectivity index (χ1) is 9.98. The Morgan fingerprint density at radius 1 is 1.24 bits per heavy atom. The molecule has 0 fully saturated rings. The predicted octanol–water partition coefficient (Wildman–Crippen LogP) is 4.89. The molecular weight excluding hydrogens is 258 g/mol. The zero-order chi connectivity index (χ0) is 15.0. The molecule has 1 aromatic carbocycles. The molecule has 0 bridgehead atoms. The fourth-order valence-corrected chi connectivity index (χ4v) is 3.53. The molecule has 2 heteroatoms. The van der Waals surface area contributed by atoms with E-state index in [2.05, 4.69) is 56.5 Å². The van der Waals surface area contributed by atoms with Crippen molar-refractivity contribution >= 4 is 17.2 Å². The zero-order valence-electron chi connectivity index (χ0n) is 13.4. The van der Waals surface area contributed by atoms with Gasteiger partial charge in [0.05, 0.1) is 6.08 Å². The highest BCUT2D eigenvalue weighted by Gasteiger charge is 2.26. The molecule has 1 aliphatic carbocycles. The minimum Gasteiger partial charge on any atom is -0.398 e. The molecule has 0 radical (unpaired) electrons. The number of aryl methyl sites for hydroxylation is 1. The number of benzene rings is 1. The Hall–Kier alpha value is -1.83. The van der Waals surface area contributed by atoms with Gasteiger partial charge in [0.1, 0.15) is 6.54 Å².